The number of carboxylic acid groups (broad SMARTS) is 1. The molecule has 1 saturated heterocycles. The first-order chi connectivity index (χ1) is 7.66. The van der Waals surface area contributed by atoms with Gasteiger partial charge in [-0.15, -0.1) is 0 Å². The van der Waals surface area contributed by atoms with Gasteiger partial charge in [-0.2, -0.15) is 16.9 Å². The van der Waals surface area contributed by atoms with E-state index in [0.29, 0.717) is 11.1 Å². The number of thioether (sulfide) groups is 2. The average Bonchev–Trinajstić information content (AvgIpc) is 2.83. The van der Waals surface area contributed by atoms with Crippen molar-refractivity contribution in [3.05, 3.63) is 5.82 Å². The number of carbonyl (C=O) groups is 1. The molecule has 1 atom stereocenters. The largest absolute Gasteiger partial charge is 0.481 e. The molecule has 0 aliphatic carbocycles. The van der Waals surface area contributed by atoms with Crippen molar-refractivity contribution in [2.75, 3.05) is 17.3 Å². The Morgan fingerprint density at radius 1 is 1.75 bits per heavy atom. The Hall–Kier alpha value is -0.690. The molecule has 1 fully saturated rings. The van der Waals surface area contributed by atoms with E-state index in [1.54, 1.807) is 4.68 Å². The average molecular weight is 259 g/mol. The number of hydrogen-bond acceptors (Lipinski definition) is 5. The van der Waals surface area contributed by atoms with Crippen molar-refractivity contribution in [3.8, 4) is 0 Å². The van der Waals surface area contributed by atoms with Gasteiger partial charge < -0.3 is 5.11 Å². The van der Waals surface area contributed by atoms with Crippen molar-refractivity contribution >= 4 is 29.5 Å². The van der Waals surface area contributed by atoms with Gasteiger partial charge in [0.1, 0.15) is 0 Å². The normalized spacial score (nSPS) is 20.2. The van der Waals surface area contributed by atoms with E-state index in [1.165, 1.54) is 17.5 Å². The van der Waals surface area contributed by atoms with Gasteiger partial charge in [0.05, 0.1) is 5.75 Å². The molecule has 0 radical (unpaired) electrons. The molecule has 1 aliphatic rings. The fraction of sp³-hybridized carbons (Fsp3) is 0.667. The SMILES string of the molecule is Cn1nc(C2CCSC2)nc1SCC(=O)O. The van der Waals surface area contributed by atoms with Gasteiger partial charge in [0.15, 0.2) is 11.0 Å². The van der Waals surface area contributed by atoms with Gasteiger partial charge in [-0.05, 0) is 12.2 Å². The van der Waals surface area contributed by atoms with Crippen molar-refractivity contribution in [2.45, 2.75) is 17.5 Å². The van der Waals surface area contributed by atoms with E-state index < -0.39 is 5.97 Å². The molecule has 16 heavy (non-hydrogen) atoms. The number of rotatable bonds is 4. The first-order valence-electron chi connectivity index (χ1n) is 5.00. The minimum absolute atomic E-state index is 0.0331. The second-order valence-electron chi connectivity index (χ2n) is 3.62. The predicted octanol–water partition coefficient (Wildman–Crippen LogP) is 1.21. The molecule has 0 spiro atoms. The van der Waals surface area contributed by atoms with Crippen molar-refractivity contribution < 1.29 is 9.90 Å². The fourth-order valence-corrected chi connectivity index (χ4v) is 3.41. The lowest BCUT2D eigenvalue weighted by Gasteiger charge is -1.99. The van der Waals surface area contributed by atoms with Crippen LogP contribution in [0.4, 0.5) is 0 Å². The summed E-state index contributed by atoms with van der Waals surface area (Å²) < 4.78 is 1.67. The van der Waals surface area contributed by atoms with Crippen molar-refractivity contribution in [3.63, 3.8) is 0 Å². The highest BCUT2D eigenvalue weighted by molar-refractivity contribution is 7.99. The van der Waals surface area contributed by atoms with E-state index >= 15 is 0 Å². The van der Waals surface area contributed by atoms with Gasteiger partial charge in [0.2, 0.25) is 0 Å². The maximum Gasteiger partial charge on any atom is 0.313 e. The van der Waals surface area contributed by atoms with Crippen LogP contribution in [0.3, 0.4) is 0 Å². The van der Waals surface area contributed by atoms with Gasteiger partial charge in [0, 0.05) is 18.7 Å². The Labute approximate surface area is 102 Å². The van der Waals surface area contributed by atoms with E-state index in [0.717, 1.165) is 18.0 Å². The highest BCUT2D eigenvalue weighted by atomic mass is 32.2. The third-order valence-corrected chi connectivity index (χ3v) is 4.53. The molecule has 1 N–H and O–H groups in total. The van der Waals surface area contributed by atoms with Crippen LogP contribution in [0.15, 0.2) is 5.16 Å². The van der Waals surface area contributed by atoms with Gasteiger partial charge in [-0.3, -0.25) is 4.79 Å². The third kappa shape index (κ3) is 2.70. The van der Waals surface area contributed by atoms with E-state index in [4.69, 9.17) is 5.11 Å². The van der Waals surface area contributed by atoms with Crippen molar-refractivity contribution in [2.24, 2.45) is 7.05 Å². The second-order valence-corrected chi connectivity index (χ2v) is 5.71. The van der Waals surface area contributed by atoms with Gasteiger partial charge in [-0.1, -0.05) is 11.8 Å². The monoisotopic (exact) mass is 259 g/mol. The maximum atomic E-state index is 10.5. The van der Waals surface area contributed by atoms with Gasteiger partial charge in [-0.25, -0.2) is 9.67 Å². The minimum Gasteiger partial charge on any atom is -0.481 e. The summed E-state index contributed by atoms with van der Waals surface area (Å²) in [5, 5.41) is 13.6. The summed E-state index contributed by atoms with van der Waals surface area (Å²) in [6.07, 6.45) is 1.12. The second kappa shape index (κ2) is 5.09. The quantitative estimate of drug-likeness (QED) is 0.820. The smallest absolute Gasteiger partial charge is 0.313 e. The first kappa shape index (κ1) is 11.8. The van der Waals surface area contributed by atoms with Crippen LogP contribution < -0.4 is 0 Å². The van der Waals surface area contributed by atoms with Crippen LogP contribution in [0.25, 0.3) is 0 Å². The standard InChI is InChI=1S/C9H13N3O2S2/c1-12-9(16-5-7(13)14)10-8(11-12)6-2-3-15-4-6/h6H,2-5H2,1H3,(H,13,14). The Bertz CT molecular complexity index is 388. The maximum absolute atomic E-state index is 10.5. The Balaban J connectivity index is 2.05. The molecule has 0 saturated carbocycles. The molecule has 1 aromatic heterocycles. The van der Waals surface area contributed by atoms with E-state index in [2.05, 4.69) is 10.1 Å². The molecule has 1 aliphatic heterocycles. The molecule has 0 aromatic carbocycles. The van der Waals surface area contributed by atoms with E-state index in [-0.39, 0.29) is 5.75 Å². The van der Waals surface area contributed by atoms with Crippen LogP contribution in [-0.4, -0.2) is 43.1 Å². The summed E-state index contributed by atoms with van der Waals surface area (Å²) in [7, 11) is 1.81. The molecule has 2 heterocycles. The van der Waals surface area contributed by atoms with Gasteiger partial charge in [0.25, 0.3) is 0 Å². The Morgan fingerprint density at radius 3 is 3.19 bits per heavy atom. The topological polar surface area (TPSA) is 68.0 Å². The number of aryl methyl sites for hydroxylation is 1. The summed E-state index contributed by atoms with van der Waals surface area (Å²) in [6, 6.07) is 0. The van der Waals surface area contributed by atoms with Crippen LogP contribution in [0.5, 0.6) is 0 Å². The summed E-state index contributed by atoms with van der Waals surface area (Å²) in [6.45, 7) is 0. The zero-order valence-corrected chi connectivity index (χ0v) is 10.6. The molecule has 7 heteroatoms. The van der Waals surface area contributed by atoms with Crippen LogP contribution in [0, 0.1) is 0 Å². The summed E-state index contributed by atoms with van der Waals surface area (Å²) in [4.78, 5) is 14.9. The van der Waals surface area contributed by atoms with Crippen LogP contribution >= 0.6 is 23.5 Å². The lowest BCUT2D eigenvalue weighted by atomic mass is 10.1. The van der Waals surface area contributed by atoms with Crippen molar-refractivity contribution in [1.29, 1.82) is 0 Å². The molecule has 88 valence electrons. The van der Waals surface area contributed by atoms with E-state index in [9.17, 15) is 4.79 Å². The number of nitrogens with zero attached hydrogens (tertiary/aromatic N) is 3. The Kier molecular flexibility index (Phi) is 3.75. The molecular formula is C9H13N3O2S2. The van der Waals surface area contributed by atoms with Gasteiger partial charge >= 0.3 is 5.97 Å². The molecule has 2 rings (SSSR count). The molecule has 5 nitrogen and oxygen atoms in total. The summed E-state index contributed by atoms with van der Waals surface area (Å²) in [5.74, 6) is 2.75. The number of aliphatic carboxylic acids is 1. The zero-order valence-electron chi connectivity index (χ0n) is 8.92. The number of aromatic nitrogens is 3. The zero-order chi connectivity index (χ0) is 11.5. The summed E-state index contributed by atoms with van der Waals surface area (Å²) >= 11 is 3.14. The number of hydrogen-bond donors (Lipinski definition) is 1. The molecule has 0 bridgehead atoms. The minimum atomic E-state index is -0.828. The molecule has 1 unspecified atom stereocenters. The van der Waals surface area contributed by atoms with E-state index in [1.807, 2.05) is 18.8 Å². The highest BCUT2D eigenvalue weighted by Crippen LogP contribution is 2.31. The van der Waals surface area contributed by atoms with Crippen LogP contribution in [-0.2, 0) is 11.8 Å². The summed E-state index contributed by atoms with van der Waals surface area (Å²) in [5.41, 5.74) is 0. The molecule has 1 aromatic rings. The lowest BCUT2D eigenvalue weighted by molar-refractivity contribution is -0.133. The van der Waals surface area contributed by atoms with Crippen molar-refractivity contribution in [1.82, 2.24) is 14.8 Å². The lowest BCUT2D eigenvalue weighted by Crippen LogP contribution is -2.00. The van der Waals surface area contributed by atoms with Crippen LogP contribution in [0.1, 0.15) is 18.2 Å². The Morgan fingerprint density at radius 2 is 2.56 bits per heavy atom. The molecule has 0 amide bonds. The fourth-order valence-electron chi connectivity index (χ4n) is 1.55. The molecular weight excluding hydrogens is 246 g/mol. The highest BCUT2D eigenvalue weighted by Gasteiger charge is 2.22. The van der Waals surface area contributed by atoms with Crippen LogP contribution in [0.2, 0.25) is 0 Å². The number of carboxylic acids is 1. The third-order valence-electron chi connectivity index (χ3n) is 2.36. The predicted molar refractivity (Wildman–Crippen MR) is 64.0 cm³/mol. The first-order valence-corrected chi connectivity index (χ1v) is 7.14.